The molecular formula is C22H19FN6O4S. The topological polar surface area (TPSA) is 122 Å². The van der Waals surface area contributed by atoms with Gasteiger partial charge in [0.05, 0.1) is 10.2 Å². The fourth-order valence-electron chi connectivity index (χ4n) is 2.98. The van der Waals surface area contributed by atoms with Gasteiger partial charge in [-0.05, 0) is 31.2 Å². The zero-order valence-electron chi connectivity index (χ0n) is 18.0. The van der Waals surface area contributed by atoms with Crippen LogP contribution < -0.4 is 4.74 Å². The molecule has 0 saturated carbocycles. The molecule has 4 aromatic rings. The largest absolute Gasteiger partial charge is 0.483 e. The van der Waals surface area contributed by atoms with Crippen LogP contribution in [0.25, 0.3) is 11.5 Å². The highest BCUT2D eigenvalue weighted by atomic mass is 32.2. The van der Waals surface area contributed by atoms with Gasteiger partial charge in [-0.3, -0.25) is 14.7 Å². The molecule has 0 aliphatic carbocycles. The average Bonchev–Trinajstić information content (AvgIpc) is 3.47. The van der Waals surface area contributed by atoms with Crippen LogP contribution in [0.15, 0.2) is 70.8 Å². The zero-order valence-corrected chi connectivity index (χ0v) is 18.8. The summed E-state index contributed by atoms with van der Waals surface area (Å²) in [6.45, 7) is 6.10. The monoisotopic (exact) mass is 482 g/mol. The third-order valence-electron chi connectivity index (χ3n) is 4.69. The van der Waals surface area contributed by atoms with E-state index in [1.807, 2.05) is 11.5 Å². The lowest BCUT2D eigenvalue weighted by molar-refractivity contribution is -0.384. The first-order valence-electron chi connectivity index (χ1n) is 10.1. The molecule has 12 heteroatoms. The highest BCUT2D eigenvalue weighted by Gasteiger charge is 2.21. The van der Waals surface area contributed by atoms with Gasteiger partial charge in [0.1, 0.15) is 6.61 Å². The smallest absolute Gasteiger partial charge is 0.269 e. The van der Waals surface area contributed by atoms with E-state index in [-0.39, 0.29) is 29.2 Å². The number of benzene rings is 2. The van der Waals surface area contributed by atoms with Crippen molar-refractivity contribution in [1.82, 2.24) is 25.0 Å². The van der Waals surface area contributed by atoms with Gasteiger partial charge in [0, 0.05) is 24.2 Å². The Hall–Kier alpha value is -4.06. The molecule has 10 nitrogen and oxygen atoms in total. The summed E-state index contributed by atoms with van der Waals surface area (Å²) in [5, 5.41) is 27.7. The molecule has 0 aliphatic heterocycles. The zero-order chi connectivity index (χ0) is 24.1. The van der Waals surface area contributed by atoms with Gasteiger partial charge in [-0.25, -0.2) is 4.39 Å². The van der Waals surface area contributed by atoms with Crippen molar-refractivity contribution in [3.63, 3.8) is 0 Å². The maximum atomic E-state index is 13.8. The second-order valence-electron chi connectivity index (χ2n) is 7.03. The molecule has 0 saturated heterocycles. The standard InChI is InChI=1S/C22H19FN6O4S/c1-3-12-28-19(13-32-18-7-5-4-6-17(18)23)24-27-22(28)34-14(2)20-25-26-21(33-20)15-8-10-16(11-9-15)29(30)31/h3-11,14H,1,12-13H2,2H3. The summed E-state index contributed by atoms with van der Waals surface area (Å²) in [6, 6.07) is 12.0. The minimum Gasteiger partial charge on any atom is -0.483 e. The molecule has 1 unspecified atom stereocenters. The number of non-ortho nitro benzene ring substituents is 1. The third-order valence-corrected chi connectivity index (χ3v) is 5.76. The molecule has 0 amide bonds. The molecule has 1 atom stereocenters. The summed E-state index contributed by atoms with van der Waals surface area (Å²) >= 11 is 1.35. The van der Waals surface area contributed by atoms with Crippen molar-refractivity contribution in [3.8, 4) is 17.2 Å². The molecule has 34 heavy (non-hydrogen) atoms. The Kier molecular flexibility index (Phi) is 6.97. The Morgan fingerprint density at radius 3 is 2.68 bits per heavy atom. The first-order chi connectivity index (χ1) is 16.5. The highest BCUT2D eigenvalue weighted by Crippen LogP contribution is 2.35. The molecule has 2 aromatic heterocycles. The Bertz CT molecular complexity index is 1310. The van der Waals surface area contributed by atoms with Gasteiger partial charge in [-0.1, -0.05) is 30.0 Å². The van der Waals surface area contributed by atoms with Gasteiger partial charge in [-0.2, -0.15) is 0 Å². The lowest BCUT2D eigenvalue weighted by Crippen LogP contribution is -2.08. The number of rotatable bonds is 10. The maximum absolute atomic E-state index is 13.8. The van der Waals surface area contributed by atoms with E-state index in [1.165, 1.54) is 30.0 Å². The number of hydrogen-bond donors (Lipinski definition) is 0. The van der Waals surface area contributed by atoms with E-state index in [1.54, 1.807) is 36.4 Å². The summed E-state index contributed by atoms with van der Waals surface area (Å²) < 4.78 is 27.0. The summed E-state index contributed by atoms with van der Waals surface area (Å²) in [7, 11) is 0. The SMILES string of the molecule is C=CCn1c(COc2ccccc2F)nnc1SC(C)c1nnc(-c2ccc([N+](=O)[O-])cc2)o1. The molecule has 2 heterocycles. The number of thioether (sulfide) groups is 1. The van der Waals surface area contributed by atoms with Crippen LogP contribution in [0.3, 0.4) is 0 Å². The third kappa shape index (κ3) is 5.12. The predicted molar refractivity (Wildman–Crippen MR) is 122 cm³/mol. The number of nitro groups is 1. The average molecular weight is 482 g/mol. The van der Waals surface area contributed by atoms with Crippen molar-refractivity contribution in [1.29, 1.82) is 0 Å². The first-order valence-corrected chi connectivity index (χ1v) is 11.0. The lowest BCUT2D eigenvalue weighted by Gasteiger charge is -2.11. The second kappa shape index (κ2) is 10.3. The Labute approximate surface area is 197 Å². The van der Waals surface area contributed by atoms with Crippen LogP contribution in [0.1, 0.15) is 23.9 Å². The van der Waals surface area contributed by atoms with Crippen LogP contribution in [0.5, 0.6) is 5.75 Å². The Morgan fingerprint density at radius 2 is 1.97 bits per heavy atom. The lowest BCUT2D eigenvalue weighted by atomic mass is 10.2. The maximum Gasteiger partial charge on any atom is 0.269 e. The van der Waals surface area contributed by atoms with Crippen LogP contribution in [0, 0.1) is 15.9 Å². The number of nitrogens with zero attached hydrogens (tertiary/aromatic N) is 6. The van der Waals surface area contributed by atoms with E-state index in [2.05, 4.69) is 27.0 Å². The van der Waals surface area contributed by atoms with Gasteiger partial charge >= 0.3 is 0 Å². The fourth-order valence-corrected chi connectivity index (χ4v) is 3.89. The number of ether oxygens (including phenoxy) is 1. The minimum absolute atomic E-state index is 0.0243. The van der Waals surface area contributed by atoms with Gasteiger partial charge in [0.15, 0.2) is 22.5 Å². The van der Waals surface area contributed by atoms with Crippen molar-refractivity contribution in [2.75, 3.05) is 0 Å². The van der Waals surface area contributed by atoms with Crippen LogP contribution >= 0.6 is 11.8 Å². The van der Waals surface area contributed by atoms with Gasteiger partial charge < -0.3 is 9.15 Å². The van der Waals surface area contributed by atoms with Gasteiger partial charge in [0.2, 0.25) is 11.8 Å². The summed E-state index contributed by atoms with van der Waals surface area (Å²) in [5.41, 5.74) is 0.549. The Balaban J connectivity index is 1.47. The van der Waals surface area contributed by atoms with Crippen LogP contribution in [-0.4, -0.2) is 29.9 Å². The first kappa shape index (κ1) is 23.1. The highest BCUT2D eigenvalue weighted by molar-refractivity contribution is 7.99. The summed E-state index contributed by atoms with van der Waals surface area (Å²) in [5.74, 6) is 0.790. The van der Waals surface area contributed by atoms with Gasteiger partial charge in [-0.15, -0.1) is 27.0 Å². The number of hydrogen-bond acceptors (Lipinski definition) is 9. The van der Waals surface area contributed by atoms with Gasteiger partial charge in [0.25, 0.3) is 5.69 Å². The molecule has 0 spiro atoms. The second-order valence-corrected chi connectivity index (χ2v) is 8.33. The molecule has 174 valence electrons. The van der Waals surface area contributed by atoms with Crippen molar-refractivity contribution < 1.29 is 18.5 Å². The molecule has 0 N–H and O–H groups in total. The fraction of sp³-hybridized carbons (Fsp3) is 0.182. The van der Waals surface area contributed by atoms with E-state index in [0.29, 0.717) is 29.0 Å². The number of nitro benzene ring substituents is 1. The van der Waals surface area contributed by atoms with E-state index < -0.39 is 10.7 Å². The minimum atomic E-state index is -0.475. The van der Waals surface area contributed by atoms with E-state index in [4.69, 9.17) is 9.15 Å². The van der Waals surface area contributed by atoms with Crippen molar-refractivity contribution in [3.05, 3.63) is 88.8 Å². The normalized spacial score (nSPS) is 11.8. The van der Waals surface area contributed by atoms with Crippen molar-refractivity contribution >= 4 is 17.4 Å². The molecule has 0 radical (unpaired) electrons. The summed E-state index contributed by atoms with van der Waals surface area (Å²) in [6.07, 6.45) is 1.70. The number of halogens is 1. The Morgan fingerprint density at radius 1 is 1.21 bits per heavy atom. The number of aromatic nitrogens is 5. The molecule has 0 aliphatic rings. The molecule has 2 aromatic carbocycles. The van der Waals surface area contributed by atoms with Crippen LogP contribution in [0.2, 0.25) is 0 Å². The van der Waals surface area contributed by atoms with E-state index >= 15 is 0 Å². The molecule has 0 bridgehead atoms. The molecule has 0 fully saturated rings. The predicted octanol–water partition coefficient (Wildman–Crippen LogP) is 4.99. The van der Waals surface area contributed by atoms with E-state index in [9.17, 15) is 14.5 Å². The van der Waals surface area contributed by atoms with Crippen LogP contribution in [0.4, 0.5) is 10.1 Å². The molecular weight excluding hydrogens is 463 g/mol. The van der Waals surface area contributed by atoms with E-state index in [0.717, 1.165) is 0 Å². The van der Waals surface area contributed by atoms with Crippen molar-refractivity contribution in [2.24, 2.45) is 0 Å². The number of para-hydroxylation sites is 1. The van der Waals surface area contributed by atoms with Crippen LogP contribution in [-0.2, 0) is 13.2 Å². The number of allylic oxidation sites excluding steroid dienone is 1. The molecule has 4 rings (SSSR count). The quantitative estimate of drug-likeness (QED) is 0.133. The summed E-state index contributed by atoms with van der Waals surface area (Å²) in [4.78, 5) is 10.4. The van der Waals surface area contributed by atoms with Crippen molar-refractivity contribution in [2.45, 2.75) is 30.5 Å².